The molecule has 1 fully saturated rings. The molecule has 0 bridgehead atoms. The maximum absolute atomic E-state index is 11.1. The van der Waals surface area contributed by atoms with E-state index >= 15 is 0 Å². The third kappa shape index (κ3) is 4.49. The van der Waals surface area contributed by atoms with E-state index in [0.29, 0.717) is 6.04 Å². The lowest BCUT2D eigenvalue weighted by atomic mass is 10.2. The van der Waals surface area contributed by atoms with Crippen LogP contribution in [-0.4, -0.2) is 44.7 Å². The number of likely N-dealkylation sites (tertiary alicyclic amines) is 1. The molecule has 1 saturated heterocycles. The van der Waals surface area contributed by atoms with Gasteiger partial charge in [-0.05, 0) is 19.8 Å². The Morgan fingerprint density at radius 2 is 2.20 bits per heavy atom. The highest BCUT2D eigenvalue weighted by molar-refractivity contribution is 7.88. The second-order valence-electron chi connectivity index (χ2n) is 4.51. The Bertz CT molecular complexity index is 290. The molecule has 0 aromatic carbocycles. The lowest BCUT2D eigenvalue weighted by Gasteiger charge is -2.23. The minimum absolute atomic E-state index is 0.110. The van der Waals surface area contributed by atoms with Gasteiger partial charge in [-0.15, -0.1) is 0 Å². The van der Waals surface area contributed by atoms with E-state index in [1.165, 1.54) is 19.1 Å². The van der Waals surface area contributed by atoms with Gasteiger partial charge in [-0.3, -0.25) is 4.90 Å². The largest absolute Gasteiger partial charge is 0.299 e. The monoisotopic (exact) mass is 234 g/mol. The summed E-state index contributed by atoms with van der Waals surface area (Å²) in [5.74, 6) is 0. The Balaban J connectivity index is 2.39. The first-order valence-electron chi connectivity index (χ1n) is 5.63. The highest BCUT2D eigenvalue weighted by Crippen LogP contribution is 2.15. The highest BCUT2D eigenvalue weighted by atomic mass is 32.2. The third-order valence-corrected chi connectivity index (χ3v) is 3.69. The average molecular weight is 234 g/mol. The fourth-order valence-electron chi connectivity index (χ4n) is 2.19. The number of hydrogen-bond donors (Lipinski definition) is 1. The van der Waals surface area contributed by atoms with Gasteiger partial charge in [0.15, 0.2) is 0 Å². The zero-order valence-electron chi connectivity index (χ0n) is 9.86. The summed E-state index contributed by atoms with van der Waals surface area (Å²) in [6.07, 6.45) is 4.53. The topological polar surface area (TPSA) is 49.4 Å². The third-order valence-electron chi connectivity index (χ3n) is 2.93. The van der Waals surface area contributed by atoms with E-state index in [9.17, 15) is 8.42 Å². The lowest BCUT2D eigenvalue weighted by molar-refractivity contribution is 0.242. The van der Waals surface area contributed by atoms with Crippen LogP contribution in [0.15, 0.2) is 0 Å². The molecular weight excluding hydrogens is 212 g/mol. The molecular formula is C10H22N2O2S. The van der Waals surface area contributed by atoms with E-state index in [1.54, 1.807) is 0 Å². The summed E-state index contributed by atoms with van der Waals surface area (Å²) >= 11 is 0. The van der Waals surface area contributed by atoms with Crippen molar-refractivity contribution in [2.75, 3.05) is 19.3 Å². The first-order chi connectivity index (χ1) is 6.92. The van der Waals surface area contributed by atoms with Crippen LogP contribution < -0.4 is 4.72 Å². The van der Waals surface area contributed by atoms with Crippen molar-refractivity contribution in [3.8, 4) is 0 Å². The number of nitrogens with zero attached hydrogens (tertiary/aromatic N) is 1. The van der Waals surface area contributed by atoms with Crippen LogP contribution in [-0.2, 0) is 10.0 Å². The van der Waals surface area contributed by atoms with Gasteiger partial charge in [0.1, 0.15) is 0 Å². The predicted octanol–water partition coefficient (Wildman–Crippen LogP) is 0.798. The quantitative estimate of drug-likeness (QED) is 0.765. The van der Waals surface area contributed by atoms with E-state index in [0.717, 1.165) is 19.5 Å². The van der Waals surface area contributed by atoms with Gasteiger partial charge >= 0.3 is 0 Å². The smallest absolute Gasteiger partial charge is 0.208 e. The summed E-state index contributed by atoms with van der Waals surface area (Å²) in [4.78, 5) is 2.37. The molecule has 0 aromatic rings. The van der Waals surface area contributed by atoms with Crippen LogP contribution in [0.3, 0.4) is 0 Å². The van der Waals surface area contributed by atoms with E-state index in [1.807, 2.05) is 0 Å². The van der Waals surface area contributed by atoms with Gasteiger partial charge in [0.2, 0.25) is 10.0 Å². The van der Waals surface area contributed by atoms with Crippen LogP contribution in [0.4, 0.5) is 0 Å². The van der Waals surface area contributed by atoms with E-state index in [-0.39, 0.29) is 6.04 Å². The molecule has 15 heavy (non-hydrogen) atoms. The Hall–Kier alpha value is -0.130. The van der Waals surface area contributed by atoms with E-state index in [2.05, 4.69) is 23.5 Å². The summed E-state index contributed by atoms with van der Waals surface area (Å²) in [6, 6.07) is 0.681. The minimum atomic E-state index is -3.05. The molecule has 1 aliphatic heterocycles. The molecule has 2 atom stereocenters. The lowest BCUT2D eigenvalue weighted by Crippen LogP contribution is -2.38. The number of rotatable bonds is 5. The SMILES string of the molecule is CCC[C@H](C)N1CC[C@H](NS(C)(=O)=O)C1. The van der Waals surface area contributed by atoms with Gasteiger partial charge in [-0.2, -0.15) is 0 Å². The van der Waals surface area contributed by atoms with E-state index < -0.39 is 10.0 Å². The molecule has 90 valence electrons. The van der Waals surface area contributed by atoms with Crippen molar-refractivity contribution in [3.63, 3.8) is 0 Å². The second kappa shape index (κ2) is 5.27. The Labute approximate surface area is 93.1 Å². The summed E-state index contributed by atoms with van der Waals surface area (Å²) < 4.78 is 24.8. The molecule has 0 radical (unpaired) electrons. The Morgan fingerprint density at radius 3 is 2.73 bits per heavy atom. The molecule has 0 unspecified atom stereocenters. The normalized spacial score (nSPS) is 25.7. The first-order valence-corrected chi connectivity index (χ1v) is 7.53. The van der Waals surface area contributed by atoms with Crippen molar-refractivity contribution >= 4 is 10.0 Å². The van der Waals surface area contributed by atoms with Crippen LogP contribution in [0.2, 0.25) is 0 Å². The Kier molecular flexibility index (Phi) is 4.55. The fraction of sp³-hybridized carbons (Fsp3) is 1.00. The van der Waals surface area contributed by atoms with Gasteiger partial charge in [0, 0.05) is 25.2 Å². The van der Waals surface area contributed by atoms with Crippen molar-refractivity contribution in [2.24, 2.45) is 0 Å². The summed E-state index contributed by atoms with van der Waals surface area (Å²) in [7, 11) is -3.05. The van der Waals surface area contributed by atoms with Crippen LogP contribution in [0.5, 0.6) is 0 Å². The van der Waals surface area contributed by atoms with Gasteiger partial charge in [0.05, 0.1) is 6.26 Å². The highest BCUT2D eigenvalue weighted by Gasteiger charge is 2.27. The maximum Gasteiger partial charge on any atom is 0.208 e. The second-order valence-corrected chi connectivity index (χ2v) is 6.29. The van der Waals surface area contributed by atoms with Crippen LogP contribution in [0.25, 0.3) is 0 Å². The van der Waals surface area contributed by atoms with Crippen molar-refractivity contribution in [1.82, 2.24) is 9.62 Å². The molecule has 0 spiro atoms. The van der Waals surface area contributed by atoms with Crippen molar-refractivity contribution in [1.29, 1.82) is 0 Å². The van der Waals surface area contributed by atoms with Gasteiger partial charge in [-0.25, -0.2) is 13.1 Å². The molecule has 1 heterocycles. The molecule has 5 heteroatoms. The standard InChI is InChI=1S/C10H22N2O2S/c1-4-5-9(2)12-7-6-10(8-12)11-15(3,13)14/h9-11H,4-8H2,1-3H3/t9-,10-/m0/s1. The van der Waals surface area contributed by atoms with Crippen LogP contribution in [0.1, 0.15) is 33.1 Å². The molecule has 0 amide bonds. The van der Waals surface area contributed by atoms with Crippen LogP contribution >= 0.6 is 0 Å². The minimum Gasteiger partial charge on any atom is -0.299 e. The molecule has 1 aliphatic rings. The first kappa shape index (κ1) is 12.9. The number of sulfonamides is 1. The predicted molar refractivity (Wildman–Crippen MR) is 62.3 cm³/mol. The van der Waals surface area contributed by atoms with Crippen molar-refractivity contribution < 1.29 is 8.42 Å². The maximum atomic E-state index is 11.1. The van der Waals surface area contributed by atoms with Gasteiger partial charge in [-0.1, -0.05) is 13.3 Å². The summed E-state index contributed by atoms with van der Waals surface area (Å²) in [5, 5.41) is 0. The zero-order chi connectivity index (χ0) is 11.5. The van der Waals surface area contributed by atoms with Crippen molar-refractivity contribution in [2.45, 2.75) is 45.2 Å². The molecule has 4 nitrogen and oxygen atoms in total. The van der Waals surface area contributed by atoms with Crippen LogP contribution in [0, 0.1) is 0 Å². The number of nitrogens with one attached hydrogen (secondary N) is 1. The number of hydrogen-bond acceptors (Lipinski definition) is 3. The summed E-state index contributed by atoms with van der Waals surface area (Å²) in [5.41, 5.74) is 0. The molecule has 1 rings (SSSR count). The molecule has 0 saturated carbocycles. The zero-order valence-corrected chi connectivity index (χ0v) is 10.7. The average Bonchev–Trinajstić information content (AvgIpc) is 2.50. The fourth-order valence-corrected chi connectivity index (χ4v) is 2.98. The summed E-state index contributed by atoms with van der Waals surface area (Å²) in [6.45, 7) is 6.26. The molecule has 0 aliphatic carbocycles. The van der Waals surface area contributed by atoms with E-state index in [4.69, 9.17) is 0 Å². The van der Waals surface area contributed by atoms with Crippen molar-refractivity contribution in [3.05, 3.63) is 0 Å². The molecule has 1 N–H and O–H groups in total. The Morgan fingerprint density at radius 1 is 1.53 bits per heavy atom. The van der Waals surface area contributed by atoms with Gasteiger partial charge in [0.25, 0.3) is 0 Å². The molecule has 0 aromatic heterocycles. The van der Waals surface area contributed by atoms with Gasteiger partial charge < -0.3 is 0 Å².